The monoisotopic (exact) mass is 366 g/mol. The van der Waals surface area contributed by atoms with Crippen LogP contribution in [0.1, 0.15) is 31.4 Å². The van der Waals surface area contributed by atoms with Gasteiger partial charge in [0.2, 0.25) is 10.0 Å². The Kier molecular flexibility index (Phi) is 5.46. The summed E-state index contributed by atoms with van der Waals surface area (Å²) in [4.78, 5) is 13.5. The molecule has 6 nitrogen and oxygen atoms in total. The highest BCUT2D eigenvalue weighted by Gasteiger charge is 2.34. The van der Waals surface area contributed by atoms with Crippen molar-refractivity contribution < 1.29 is 18.1 Å². The van der Waals surface area contributed by atoms with E-state index in [1.165, 1.54) is 11.1 Å². The lowest BCUT2D eigenvalue weighted by molar-refractivity contribution is -0.917. The molecule has 1 atom stereocenters. The number of nitrogens with zero attached hydrogens (tertiary/aromatic N) is 1. The lowest BCUT2D eigenvalue weighted by Gasteiger charge is -2.34. The van der Waals surface area contributed by atoms with Gasteiger partial charge in [0, 0.05) is 6.54 Å². The highest BCUT2D eigenvalue weighted by molar-refractivity contribution is 7.89. The minimum atomic E-state index is -3.44. The van der Waals surface area contributed by atoms with Crippen molar-refractivity contribution in [2.75, 3.05) is 32.7 Å². The molecule has 0 radical (unpaired) electrons. The fourth-order valence-electron chi connectivity index (χ4n) is 3.82. The number of fused-ring (bicyclic) bond motifs is 1. The molecule has 1 aliphatic heterocycles. The predicted octanol–water partition coefficient (Wildman–Crippen LogP) is -0.411. The topological polar surface area (TPSA) is 70.9 Å². The molecule has 0 unspecified atom stereocenters. The quantitative estimate of drug-likeness (QED) is 0.744. The van der Waals surface area contributed by atoms with Gasteiger partial charge in [-0.1, -0.05) is 6.07 Å². The summed E-state index contributed by atoms with van der Waals surface area (Å²) in [7, 11) is -3.44. The Bertz CT molecular complexity index is 740. The molecule has 25 heavy (non-hydrogen) atoms. The number of sulfonamides is 1. The van der Waals surface area contributed by atoms with Gasteiger partial charge in [-0.25, -0.2) is 8.42 Å². The van der Waals surface area contributed by atoms with E-state index in [1.54, 1.807) is 10.4 Å². The third-order valence-corrected chi connectivity index (χ3v) is 7.32. The molecule has 7 heteroatoms. The summed E-state index contributed by atoms with van der Waals surface area (Å²) < 4.78 is 27.4. The number of quaternary nitrogens is 1. The van der Waals surface area contributed by atoms with Crippen LogP contribution in [-0.4, -0.2) is 57.4 Å². The van der Waals surface area contributed by atoms with Crippen LogP contribution in [0.3, 0.4) is 0 Å². The third kappa shape index (κ3) is 3.73. The molecule has 1 aromatic rings. The van der Waals surface area contributed by atoms with E-state index in [-0.39, 0.29) is 11.9 Å². The van der Waals surface area contributed by atoms with Gasteiger partial charge in [0.15, 0.2) is 6.04 Å². The molecule has 0 saturated carbocycles. The number of nitrogens with one attached hydrogen (secondary N) is 2. The molecule has 1 amide bonds. The second kappa shape index (κ2) is 7.43. The van der Waals surface area contributed by atoms with Crippen molar-refractivity contribution in [2.24, 2.45) is 0 Å². The standard InChI is InChI=1S/C18H27N3O3S/c1-3-19-18(22)14(2)20-9-11-21(12-10-20)25(23,24)17-8-7-15-5-4-6-16(15)13-17/h7-8,13-14H,3-6,9-12H2,1-2H3,(H,19,22)/p+1/t14-/m1/s1. The molecular formula is C18H28N3O3S+. The second-order valence-electron chi connectivity index (χ2n) is 6.96. The summed E-state index contributed by atoms with van der Waals surface area (Å²) in [5, 5.41) is 2.84. The zero-order valence-electron chi connectivity index (χ0n) is 15.0. The number of rotatable bonds is 5. The third-order valence-electron chi connectivity index (χ3n) is 5.43. The summed E-state index contributed by atoms with van der Waals surface area (Å²) >= 11 is 0. The van der Waals surface area contributed by atoms with Gasteiger partial charge in [0.05, 0.1) is 31.1 Å². The fourth-order valence-corrected chi connectivity index (χ4v) is 5.31. The SMILES string of the molecule is CCNC(=O)[C@@H](C)[NH+]1CCN(S(=O)(=O)c2ccc3c(c2)CCC3)CC1. The molecule has 2 aliphatic rings. The zero-order chi connectivity index (χ0) is 18.0. The number of likely N-dealkylation sites (N-methyl/N-ethyl adjacent to an activating group) is 1. The molecule has 0 aromatic heterocycles. The molecule has 138 valence electrons. The number of aryl methyl sites for hydroxylation is 2. The normalized spacial score (nSPS) is 20.2. The van der Waals surface area contributed by atoms with Crippen LogP contribution < -0.4 is 10.2 Å². The zero-order valence-corrected chi connectivity index (χ0v) is 15.9. The van der Waals surface area contributed by atoms with E-state index < -0.39 is 10.0 Å². The molecular weight excluding hydrogens is 338 g/mol. The number of amides is 1. The summed E-state index contributed by atoms with van der Waals surface area (Å²) in [5.41, 5.74) is 2.46. The molecule has 1 heterocycles. The molecule has 0 bridgehead atoms. The van der Waals surface area contributed by atoms with Gasteiger partial charge in [-0.3, -0.25) is 4.79 Å². The largest absolute Gasteiger partial charge is 0.351 e. The number of piperazine rings is 1. The van der Waals surface area contributed by atoms with E-state index >= 15 is 0 Å². The van der Waals surface area contributed by atoms with Gasteiger partial charge in [0.1, 0.15) is 0 Å². The van der Waals surface area contributed by atoms with Crippen LogP contribution in [0.15, 0.2) is 23.1 Å². The van der Waals surface area contributed by atoms with Crippen LogP contribution in [0.4, 0.5) is 0 Å². The van der Waals surface area contributed by atoms with Crippen molar-refractivity contribution in [1.82, 2.24) is 9.62 Å². The minimum Gasteiger partial charge on any atom is -0.351 e. The van der Waals surface area contributed by atoms with Crippen molar-refractivity contribution in [3.8, 4) is 0 Å². The van der Waals surface area contributed by atoms with Crippen LogP contribution in [0, 0.1) is 0 Å². The van der Waals surface area contributed by atoms with Gasteiger partial charge in [-0.05, 0) is 56.4 Å². The van der Waals surface area contributed by atoms with Crippen LogP contribution >= 0.6 is 0 Å². The average molecular weight is 367 g/mol. The van der Waals surface area contributed by atoms with Crippen molar-refractivity contribution in [1.29, 1.82) is 0 Å². The van der Waals surface area contributed by atoms with Gasteiger partial charge in [0.25, 0.3) is 5.91 Å². The lowest BCUT2D eigenvalue weighted by Crippen LogP contribution is -3.19. The Hall–Kier alpha value is -1.44. The second-order valence-corrected chi connectivity index (χ2v) is 8.90. The lowest BCUT2D eigenvalue weighted by atomic mass is 10.1. The number of carbonyl (C=O) groups is 1. The maximum Gasteiger partial charge on any atom is 0.278 e. The molecule has 2 N–H and O–H groups in total. The van der Waals surface area contributed by atoms with E-state index in [2.05, 4.69) is 5.32 Å². The van der Waals surface area contributed by atoms with Gasteiger partial charge in [-0.15, -0.1) is 0 Å². The summed E-state index contributed by atoms with van der Waals surface area (Å²) in [6, 6.07) is 5.42. The van der Waals surface area contributed by atoms with E-state index in [0.29, 0.717) is 37.6 Å². The van der Waals surface area contributed by atoms with Gasteiger partial charge < -0.3 is 10.2 Å². The Morgan fingerprint density at radius 1 is 1.24 bits per heavy atom. The van der Waals surface area contributed by atoms with Gasteiger partial charge >= 0.3 is 0 Å². The van der Waals surface area contributed by atoms with Crippen LogP contribution in [-0.2, 0) is 27.7 Å². The maximum absolute atomic E-state index is 12.9. The number of carbonyl (C=O) groups excluding carboxylic acids is 1. The van der Waals surface area contributed by atoms with Crippen molar-refractivity contribution in [3.63, 3.8) is 0 Å². The highest BCUT2D eigenvalue weighted by atomic mass is 32.2. The minimum absolute atomic E-state index is 0.0347. The van der Waals surface area contributed by atoms with E-state index in [0.717, 1.165) is 24.2 Å². The number of hydrogen-bond acceptors (Lipinski definition) is 3. The Labute approximate surface area is 150 Å². The first kappa shape index (κ1) is 18.4. The predicted molar refractivity (Wildman–Crippen MR) is 96.1 cm³/mol. The molecule has 3 rings (SSSR count). The first-order valence-electron chi connectivity index (χ1n) is 9.17. The van der Waals surface area contributed by atoms with Crippen LogP contribution in [0.2, 0.25) is 0 Å². The fraction of sp³-hybridized carbons (Fsp3) is 0.611. The van der Waals surface area contributed by atoms with Crippen molar-refractivity contribution in [2.45, 2.75) is 44.0 Å². The van der Waals surface area contributed by atoms with Gasteiger partial charge in [-0.2, -0.15) is 4.31 Å². The van der Waals surface area contributed by atoms with Crippen LogP contribution in [0.25, 0.3) is 0 Å². The summed E-state index contributed by atoms with van der Waals surface area (Å²) in [6.07, 6.45) is 3.13. The number of benzene rings is 1. The Balaban J connectivity index is 1.66. The first-order valence-corrected chi connectivity index (χ1v) is 10.6. The van der Waals surface area contributed by atoms with E-state index in [9.17, 15) is 13.2 Å². The molecule has 1 saturated heterocycles. The Morgan fingerprint density at radius 2 is 1.92 bits per heavy atom. The number of hydrogen-bond donors (Lipinski definition) is 2. The Morgan fingerprint density at radius 3 is 2.60 bits per heavy atom. The molecule has 1 aliphatic carbocycles. The van der Waals surface area contributed by atoms with E-state index in [1.807, 2.05) is 26.0 Å². The molecule has 1 aromatic carbocycles. The molecule has 1 fully saturated rings. The molecule has 0 spiro atoms. The van der Waals surface area contributed by atoms with Crippen molar-refractivity contribution >= 4 is 15.9 Å². The summed E-state index contributed by atoms with van der Waals surface area (Å²) in [5.74, 6) is 0.0347. The van der Waals surface area contributed by atoms with E-state index in [4.69, 9.17) is 0 Å². The van der Waals surface area contributed by atoms with Crippen molar-refractivity contribution in [3.05, 3.63) is 29.3 Å². The summed E-state index contributed by atoms with van der Waals surface area (Å²) in [6.45, 7) is 6.66. The average Bonchev–Trinajstić information content (AvgIpc) is 3.09. The highest BCUT2D eigenvalue weighted by Crippen LogP contribution is 2.26. The maximum atomic E-state index is 12.9. The smallest absolute Gasteiger partial charge is 0.278 e. The first-order chi connectivity index (χ1) is 11.9. The van der Waals surface area contributed by atoms with Crippen LogP contribution in [0.5, 0.6) is 0 Å².